The van der Waals surface area contributed by atoms with Gasteiger partial charge in [-0.2, -0.15) is 0 Å². The highest BCUT2D eigenvalue weighted by Gasteiger charge is 2.25. The van der Waals surface area contributed by atoms with E-state index in [-0.39, 0.29) is 18.2 Å². The fourth-order valence-corrected chi connectivity index (χ4v) is 2.89. The molecule has 1 aliphatic carbocycles. The highest BCUT2D eigenvalue weighted by molar-refractivity contribution is 5.70. The minimum Gasteiger partial charge on any atom is -0.462 e. The van der Waals surface area contributed by atoms with Crippen LogP contribution in [0.15, 0.2) is 0 Å². The van der Waals surface area contributed by atoms with Gasteiger partial charge in [-0.3, -0.25) is 4.79 Å². The van der Waals surface area contributed by atoms with E-state index in [1.807, 2.05) is 0 Å². The molecule has 3 atom stereocenters. The monoisotopic (exact) mass is 255 g/mol. The Kier molecular flexibility index (Phi) is 5.45. The summed E-state index contributed by atoms with van der Waals surface area (Å²) in [6, 6.07) is 0. The van der Waals surface area contributed by atoms with Crippen molar-refractivity contribution in [2.75, 3.05) is 19.7 Å². The van der Waals surface area contributed by atoms with Crippen molar-refractivity contribution in [3.05, 3.63) is 0 Å². The van der Waals surface area contributed by atoms with Crippen molar-refractivity contribution in [3.63, 3.8) is 0 Å². The molecule has 2 fully saturated rings. The minimum absolute atomic E-state index is 0.00295. The molecule has 0 aromatic rings. The van der Waals surface area contributed by atoms with Crippen LogP contribution in [-0.2, 0) is 14.3 Å². The Morgan fingerprint density at radius 1 is 1.44 bits per heavy atom. The zero-order chi connectivity index (χ0) is 12.8. The van der Waals surface area contributed by atoms with E-state index >= 15 is 0 Å². The normalized spacial score (nSPS) is 33.1. The number of esters is 1. The molecule has 0 radical (unpaired) electrons. The number of nitrogens with one attached hydrogen (secondary N) is 1. The Morgan fingerprint density at radius 2 is 2.33 bits per heavy atom. The molecule has 1 saturated carbocycles. The van der Waals surface area contributed by atoms with Crippen LogP contribution in [0.25, 0.3) is 0 Å². The number of rotatable bonds is 4. The minimum atomic E-state index is -0.0922. The fourth-order valence-electron chi connectivity index (χ4n) is 2.89. The van der Waals surface area contributed by atoms with Crippen LogP contribution in [0, 0.1) is 5.92 Å². The topological polar surface area (TPSA) is 47.6 Å². The summed E-state index contributed by atoms with van der Waals surface area (Å²) in [5.41, 5.74) is 0. The molecule has 1 N–H and O–H groups in total. The van der Waals surface area contributed by atoms with Crippen LogP contribution in [0.1, 0.15) is 45.4 Å². The third-order valence-corrected chi connectivity index (χ3v) is 4.01. The Balaban J connectivity index is 1.69. The first-order valence-corrected chi connectivity index (χ1v) is 7.29. The van der Waals surface area contributed by atoms with Crippen molar-refractivity contribution < 1.29 is 14.3 Å². The highest BCUT2D eigenvalue weighted by atomic mass is 16.5. The predicted octanol–water partition coefficient (Wildman–Crippen LogP) is 1.88. The second kappa shape index (κ2) is 7.10. The molecule has 104 valence electrons. The van der Waals surface area contributed by atoms with Crippen molar-refractivity contribution >= 4 is 5.97 Å². The Morgan fingerprint density at radius 3 is 3.06 bits per heavy atom. The average molecular weight is 255 g/mol. The van der Waals surface area contributed by atoms with Crippen molar-refractivity contribution in [2.45, 2.75) is 57.7 Å². The molecule has 0 aromatic heterocycles. The Bertz CT molecular complexity index is 264. The second-order valence-corrected chi connectivity index (χ2v) is 5.45. The lowest BCUT2D eigenvalue weighted by Crippen LogP contribution is -2.40. The van der Waals surface area contributed by atoms with Crippen molar-refractivity contribution in [2.24, 2.45) is 5.92 Å². The predicted molar refractivity (Wildman–Crippen MR) is 69.4 cm³/mol. The van der Waals surface area contributed by atoms with Crippen LogP contribution in [0.5, 0.6) is 0 Å². The third-order valence-electron chi connectivity index (χ3n) is 4.01. The molecule has 18 heavy (non-hydrogen) atoms. The number of hydrogen-bond donors (Lipinski definition) is 1. The molecular formula is C14H25NO3. The molecule has 0 bridgehead atoms. The van der Waals surface area contributed by atoms with Crippen LogP contribution in [0.4, 0.5) is 0 Å². The molecule has 0 spiro atoms. The molecular weight excluding hydrogens is 230 g/mol. The van der Waals surface area contributed by atoms with Gasteiger partial charge in [-0.1, -0.05) is 19.8 Å². The van der Waals surface area contributed by atoms with E-state index < -0.39 is 0 Å². The van der Waals surface area contributed by atoms with Crippen LogP contribution in [0.2, 0.25) is 0 Å². The van der Waals surface area contributed by atoms with Gasteiger partial charge < -0.3 is 14.8 Å². The summed E-state index contributed by atoms with van der Waals surface area (Å²) >= 11 is 0. The standard InChI is InChI=1S/C14H25NO3/c1-2-11-4-3-5-12(8-11)18-14(16)9-13-10-15-6-7-17-13/h11-13,15H,2-10H2,1H3. The van der Waals surface area contributed by atoms with Gasteiger partial charge in [-0.05, 0) is 25.2 Å². The van der Waals surface area contributed by atoms with E-state index in [1.54, 1.807) is 0 Å². The average Bonchev–Trinajstić information content (AvgIpc) is 2.40. The van der Waals surface area contributed by atoms with E-state index in [2.05, 4.69) is 12.2 Å². The first-order valence-electron chi connectivity index (χ1n) is 7.29. The maximum absolute atomic E-state index is 11.8. The lowest BCUT2D eigenvalue weighted by molar-refractivity contribution is -0.155. The molecule has 3 unspecified atom stereocenters. The van der Waals surface area contributed by atoms with Gasteiger partial charge in [0.25, 0.3) is 0 Å². The van der Waals surface area contributed by atoms with Crippen LogP contribution >= 0.6 is 0 Å². The fraction of sp³-hybridized carbons (Fsp3) is 0.929. The molecule has 1 aliphatic heterocycles. The molecule has 4 nitrogen and oxygen atoms in total. The van der Waals surface area contributed by atoms with E-state index in [9.17, 15) is 4.79 Å². The first kappa shape index (κ1) is 13.8. The Labute approximate surface area is 109 Å². The first-order chi connectivity index (χ1) is 8.78. The summed E-state index contributed by atoms with van der Waals surface area (Å²) in [5, 5.41) is 3.23. The zero-order valence-electron chi connectivity index (χ0n) is 11.3. The lowest BCUT2D eigenvalue weighted by atomic mass is 9.85. The summed E-state index contributed by atoms with van der Waals surface area (Å²) in [6.07, 6.45) is 6.30. The summed E-state index contributed by atoms with van der Waals surface area (Å²) in [7, 11) is 0. The van der Waals surface area contributed by atoms with Gasteiger partial charge in [0, 0.05) is 13.1 Å². The SMILES string of the molecule is CCC1CCCC(OC(=O)CC2CNCCO2)C1. The van der Waals surface area contributed by atoms with Gasteiger partial charge in [-0.15, -0.1) is 0 Å². The summed E-state index contributed by atoms with van der Waals surface area (Å²) in [4.78, 5) is 11.8. The maximum atomic E-state index is 11.8. The van der Waals surface area contributed by atoms with Crippen molar-refractivity contribution in [3.8, 4) is 0 Å². The molecule has 1 saturated heterocycles. The van der Waals surface area contributed by atoms with E-state index in [1.165, 1.54) is 19.3 Å². The van der Waals surface area contributed by atoms with Crippen molar-refractivity contribution in [1.82, 2.24) is 5.32 Å². The number of carbonyl (C=O) groups is 1. The molecule has 2 aliphatic rings. The molecule has 4 heteroatoms. The van der Waals surface area contributed by atoms with Crippen molar-refractivity contribution in [1.29, 1.82) is 0 Å². The molecule has 0 aromatic carbocycles. The van der Waals surface area contributed by atoms with Gasteiger partial charge >= 0.3 is 5.97 Å². The van der Waals surface area contributed by atoms with Gasteiger partial charge in [0.05, 0.1) is 19.1 Å². The smallest absolute Gasteiger partial charge is 0.308 e. The number of morpholine rings is 1. The zero-order valence-corrected chi connectivity index (χ0v) is 11.3. The van der Waals surface area contributed by atoms with Gasteiger partial charge in [0.15, 0.2) is 0 Å². The Hall–Kier alpha value is -0.610. The van der Waals surface area contributed by atoms with E-state index in [0.29, 0.717) is 13.0 Å². The van der Waals surface area contributed by atoms with Crippen LogP contribution in [0.3, 0.4) is 0 Å². The van der Waals surface area contributed by atoms with Gasteiger partial charge in [0.2, 0.25) is 0 Å². The summed E-state index contributed by atoms with van der Waals surface area (Å²) in [5.74, 6) is 0.648. The second-order valence-electron chi connectivity index (χ2n) is 5.45. The quantitative estimate of drug-likeness (QED) is 0.779. The summed E-state index contributed by atoms with van der Waals surface area (Å²) < 4.78 is 11.1. The number of ether oxygens (including phenoxy) is 2. The van der Waals surface area contributed by atoms with E-state index in [4.69, 9.17) is 9.47 Å². The largest absolute Gasteiger partial charge is 0.462 e. The molecule has 0 amide bonds. The van der Waals surface area contributed by atoms with E-state index in [0.717, 1.165) is 31.8 Å². The van der Waals surface area contributed by atoms with Crippen LogP contribution < -0.4 is 5.32 Å². The van der Waals surface area contributed by atoms with Crippen LogP contribution in [-0.4, -0.2) is 37.9 Å². The summed E-state index contributed by atoms with van der Waals surface area (Å²) in [6.45, 7) is 4.55. The highest BCUT2D eigenvalue weighted by Crippen LogP contribution is 2.28. The molecule has 1 heterocycles. The number of hydrogen-bond acceptors (Lipinski definition) is 4. The van der Waals surface area contributed by atoms with Gasteiger partial charge in [-0.25, -0.2) is 0 Å². The third kappa shape index (κ3) is 4.25. The maximum Gasteiger partial charge on any atom is 0.308 e. The number of carbonyl (C=O) groups excluding carboxylic acids is 1. The van der Waals surface area contributed by atoms with Gasteiger partial charge in [0.1, 0.15) is 6.10 Å². The lowest BCUT2D eigenvalue weighted by Gasteiger charge is -2.29. The molecule has 2 rings (SSSR count).